The zero-order valence-corrected chi connectivity index (χ0v) is 16.5. The van der Waals surface area contributed by atoms with Gasteiger partial charge in [-0.3, -0.25) is 9.59 Å². The van der Waals surface area contributed by atoms with Gasteiger partial charge in [0.1, 0.15) is 11.5 Å². The minimum absolute atomic E-state index is 0.0199. The number of aryl methyl sites for hydroxylation is 1. The average molecular weight is 392 g/mol. The van der Waals surface area contributed by atoms with Crippen molar-refractivity contribution in [3.05, 3.63) is 41.9 Å². The summed E-state index contributed by atoms with van der Waals surface area (Å²) in [6.45, 7) is 4.90. The van der Waals surface area contributed by atoms with Gasteiger partial charge in [0.25, 0.3) is 5.91 Å². The molecule has 150 valence electrons. The highest BCUT2D eigenvalue weighted by molar-refractivity contribution is 5.98. The van der Waals surface area contributed by atoms with Crippen molar-refractivity contribution in [2.24, 2.45) is 0 Å². The summed E-state index contributed by atoms with van der Waals surface area (Å²) < 4.78 is 1.89. The number of rotatable bonds is 5. The Morgan fingerprint density at radius 3 is 3.00 bits per heavy atom. The van der Waals surface area contributed by atoms with E-state index in [9.17, 15) is 9.59 Å². The van der Waals surface area contributed by atoms with Crippen LogP contribution in [0.1, 0.15) is 42.0 Å². The SMILES string of the molecule is CCCNC(=O)CC1CNC(=O)c2cc(-c3cccc4nc(C)c(N)nc34)cn21. The lowest BCUT2D eigenvalue weighted by Crippen LogP contribution is -2.40. The number of aromatic nitrogens is 3. The Morgan fingerprint density at radius 2 is 2.21 bits per heavy atom. The summed E-state index contributed by atoms with van der Waals surface area (Å²) in [6.07, 6.45) is 3.11. The van der Waals surface area contributed by atoms with Crippen molar-refractivity contribution in [1.29, 1.82) is 0 Å². The van der Waals surface area contributed by atoms with E-state index in [0.717, 1.165) is 23.1 Å². The third-order valence-electron chi connectivity index (χ3n) is 5.18. The van der Waals surface area contributed by atoms with Gasteiger partial charge in [-0.25, -0.2) is 9.97 Å². The second-order valence-corrected chi connectivity index (χ2v) is 7.31. The highest BCUT2D eigenvalue weighted by atomic mass is 16.2. The molecule has 1 aromatic carbocycles. The first-order valence-corrected chi connectivity index (χ1v) is 9.78. The van der Waals surface area contributed by atoms with Gasteiger partial charge in [0, 0.05) is 36.8 Å². The van der Waals surface area contributed by atoms with Gasteiger partial charge in [0.05, 0.1) is 22.8 Å². The van der Waals surface area contributed by atoms with E-state index in [4.69, 9.17) is 5.73 Å². The molecule has 2 aromatic heterocycles. The van der Waals surface area contributed by atoms with Crippen molar-refractivity contribution in [3.8, 4) is 11.1 Å². The van der Waals surface area contributed by atoms with E-state index in [-0.39, 0.29) is 17.9 Å². The second kappa shape index (κ2) is 7.54. The van der Waals surface area contributed by atoms with Crippen molar-refractivity contribution in [1.82, 2.24) is 25.2 Å². The molecule has 0 saturated heterocycles. The molecule has 0 fully saturated rings. The van der Waals surface area contributed by atoms with Gasteiger partial charge < -0.3 is 20.9 Å². The van der Waals surface area contributed by atoms with E-state index in [2.05, 4.69) is 20.6 Å². The Kier molecular flexibility index (Phi) is 4.92. The second-order valence-electron chi connectivity index (χ2n) is 7.31. The number of carbonyl (C=O) groups excluding carboxylic acids is 2. The highest BCUT2D eigenvalue weighted by Crippen LogP contribution is 2.32. The predicted octanol–water partition coefficient (Wildman–Crippen LogP) is 2.19. The number of carbonyl (C=O) groups is 2. The van der Waals surface area contributed by atoms with Crippen LogP contribution in [0, 0.1) is 6.92 Å². The van der Waals surface area contributed by atoms with Crippen LogP contribution < -0.4 is 16.4 Å². The molecule has 1 aliphatic heterocycles. The summed E-state index contributed by atoms with van der Waals surface area (Å²) in [4.78, 5) is 33.7. The lowest BCUT2D eigenvalue weighted by Gasteiger charge is -2.26. The van der Waals surface area contributed by atoms with Gasteiger partial charge in [0.15, 0.2) is 0 Å². The molecule has 8 nitrogen and oxygen atoms in total. The summed E-state index contributed by atoms with van der Waals surface area (Å²) in [6, 6.07) is 7.43. The number of hydrogen-bond acceptors (Lipinski definition) is 5. The zero-order valence-electron chi connectivity index (χ0n) is 16.5. The Morgan fingerprint density at radius 1 is 1.38 bits per heavy atom. The third kappa shape index (κ3) is 3.53. The number of nitrogens with two attached hydrogens (primary N) is 1. The summed E-state index contributed by atoms with van der Waals surface area (Å²) in [5.41, 5.74) is 10.3. The van der Waals surface area contributed by atoms with Crippen molar-refractivity contribution in [2.45, 2.75) is 32.7 Å². The number of amides is 2. The zero-order chi connectivity index (χ0) is 20.5. The van der Waals surface area contributed by atoms with Crippen molar-refractivity contribution >= 4 is 28.7 Å². The molecule has 4 N–H and O–H groups in total. The highest BCUT2D eigenvalue weighted by Gasteiger charge is 2.28. The fraction of sp³-hybridized carbons (Fsp3) is 0.333. The van der Waals surface area contributed by atoms with Gasteiger partial charge in [-0.1, -0.05) is 19.1 Å². The number of para-hydroxylation sites is 1. The smallest absolute Gasteiger partial charge is 0.268 e. The molecule has 0 spiro atoms. The normalized spacial score (nSPS) is 15.8. The molecule has 29 heavy (non-hydrogen) atoms. The molecule has 0 saturated carbocycles. The quantitative estimate of drug-likeness (QED) is 0.616. The minimum Gasteiger partial charge on any atom is -0.382 e. The average Bonchev–Trinajstić information content (AvgIpc) is 3.15. The summed E-state index contributed by atoms with van der Waals surface area (Å²) in [7, 11) is 0. The fourth-order valence-electron chi connectivity index (χ4n) is 3.64. The number of anilines is 1. The van der Waals surface area contributed by atoms with E-state index in [0.29, 0.717) is 42.2 Å². The number of nitrogen functional groups attached to an aromatic ring is 1. The topological polar surface area (TPSA) is 115 Å². The van der Waals surface area contributed by atoms with E-state index >= 15 is 0 Å². The third-order valence-corrected chi connectivity index (χ3v) is 5.18. The van der Waals surface area contributed by atoms with E-state index in [1.807, 2.05) is 48.9 Å². The van der Waals surface area contributed by atoms with Crippen LogP contribution >= 0.6 is 0 Å². The monoisotopic (exact) mass is 392 g/mol. The number of benzene rings is 1. The number of nitrogens with zero attached hydrogens (tertiary/aromatic N) is 3. The Labute approximate surface area is 168 Å². The van der Waals surface area contributed by atoms with E-state index in [1.165, 1.54) is 0 Å². The first-order valence-electron chi connectivity index (χ1n) is 9.78. The Hall–Kier alpha value is -3.42. The molecular weight excluding hydrogens is 368 g/mol. The summed E-state index contributed by atoms with van der Waals surface area (Å²) >= 11 is 0. The molecule has 1 unspecified atom stereocenters. The first kappa shape index (κ1) is 18.9. The van der Waals surface area contributed by atoms with Crippen LogP contribution in [0.2, 0.25) is 0 Å². The van der Waals surface area contributed by atoms with Crippen LogP contribution in [-0.2, 0) is 4.79 Å². The fourth-order valence-corrected chi connectivity index (χ4v) is 3.64. The first-order chi connectivity index (χ1) is 14.0. The summed E-state index contributed by atoms with van der Waals surface area (Å²) in [5, 5.41) is 5.78. The van der Waals surface area contributed by atoms with Gasteiger partial charge in [-0.2, -0.15) is 0 Å². The van der Waals surface area contributed by atoms with Gasteiger partial charge >= 0.3 is 0 Å². The van der Waals surface area contributed by atoms with Crippen LogP contribution in [-0.4, -0.2) is 39.4 Å². The molecule has 1 atom stereocenters. The lowest BCUT2D eigenvalue weighted by atomic mass is 10.1. The van der Waals surface area contributed by atoms with E-state index < -0.39 is 0 Å². The molecule has 8 heteroatoms. The maximum absolute atomic E-state index is 12.4. The maximum Gasteiger partial charge on any atom is 0.268 e. The predicted molar refractivity (Wildman–Crippen MR) is 111 cm³/mol. The summed E-state index contributed by atoms with van der Waals surface area (Å²) in [5.74, 6) is 0.216. The van der Waals surface area contributed by atoms with Crippen LogP contribution in [0.15, 0.2) is 30.5 Å². The van der Waals surface area contributed by atoms with Crippen molar-refractivity contribution in [2.75, 3.05) is 18.8 Å². The van der Waals surface area contributed by atoms with Crippen LogP contribution in [0.4, 0.5) is 5.82 Å². The molecule has 3 aromatic rings. The number of nitrogens with one attached hydrogen (secondary N) is 2. The molecular formula is C21H24N6O2. The van der Waals surface area contributed by atoms with E-state index in [1.54, 1.807) is 0 Å². The number of hydrogen-bond donors (Lipinski definition) is 3. The lowest BCUT2D eigenvalue weighted by molar-refractivity contribution is -0.121. The molecule has 3 heterocycles. The Balaban J connectivity index is 1.74. The van der Waals surface area contributed by atoms with Gasteiger partial charge in [0.2, 0.25) is 5.91 Å². The Bertz CT molecular complexity index is 1100. The molecule has 0 bridgehead atoms. The molecule has 4 rings (SSSR count). The van der Waals surface area contributed by atoms with Crippen LogP contribution in [0.25, 0.3) is 22.2 Å². The molecule has 1 aliphatic rings. The standard InChI is InChI=1S/C21H24N6O2/c1-3-7-23-18(28)9-14-10-24-21(29)17-8-13(11-27(14)17)15-5-4-6-16-19(15)26-20(22)12(2)25-16/h4-6,8,11,14H,3,7,9-10H2,1-2H3,(H2,22,26)(H,23,28)(H,24,29). The van der Waals surface area contributed by atoms with Gasteiger partial charge in [-0.05, 0) is 25.5 Å². The number of fused-ring (bicyclic) bond motifs is 2. The van der Waals surface area contributed by atoms with Crippen molar-refractivity contribution in [3.63, 3.8) is 0 Å². The van der Waals surface area contributed by atoms with Crippen LogP contribution in [0.5, 0.6) is 0 Å². The largest absolute Gasteiger partial charge is 0.382 e. The van der Waals surface area contributed by atoms with Crippen LogP contribution in [0.3, 0.4) is 0 Å². The molecule has 0 radical (unpaired) electrons. The van der Waals surface area contributed by atoms with Crippen molar-refractivity contribution < 1.29 is 9.59 Å². The minimum atomic E-state index is -0.150. The molecule has 2 amide bonds. The van der Waals surface area contributed by atoms with Gasteiger partial charge in [-0.15, -0.1) is 0 Å². The maximum atomic E-state index is 12.4. The molecule has 0 aliphatic carbocycles.